The van der Waals surface area contributed by atoms with Crippen LogP contribution in [-0.4, -0.2) is 30.1 Å². The van der Waals surface area contributed by atoms with E-state index in [4.69, 9.17) is 4.63 Å². The van der Waals surface area contributed by atoms with Gasteiger partial charge in [-0.3, -0.25) is 15.1 Å². The van der Waals surface area contributed by atoms with Crippen LogP contribution in [0.15, 0.2) is 59.7 Å². The van der Waals surface area contributed by atoms with Gasteiger partial charge in [0.15, 0.2) is 0 Å². The lowest BCUT2D eigenvalue weighted by Crippen LogP contribution is -2.27. The van der Waals surface area contributed by atoms with Gasteiger partial charge in [-0.1, -0.05) is 6.07 Å². The van der Waals surface area contributed by atoms with Gasteiger partial charge in [-0.2, -0.15) is 0 Å². The van der Waals surface area contributed by atoms with Crippen molar-refractivity contribution in [1.82, 2.24) is 25.2 Å². The molecule has 10 heteroatoms. The average molecular weight is 337 g/mol. The molecule has 0 saturated carbocycles. The summed E-state index contributed by atoms with van der Waals surface area (Å²) in [6, 6.07) is 11.9. The quantitative estimate of drug-likeness (QED) is 0.402. The fraction of sp³-hybridized carbons (Fsp3) is 0.0667. The number of rotatable bonds is 5. The molecule has 10 nitrogen and oxygen atoms in total. The van der Waals surface area contributed by atoms with Crippen molar-refractivity contribution in [1.29, 1.82) is 0 Å². The highest BCUT2D eigenvalue weighted by Crippen LogP contribution is 2.22. The summed E-state index contributed by atoms with van der Waals surface area (Å²) in [4.78, 5) is 10.4. The van der Waals surface area contributed by atoms with Crippen molar-refractivity contribution >= 4 is 22.4 Å². The molecule has 0 radical (unpaired) electrons. The van der Waals surface area contributed by atoms with E-state index in [9.17, 15) is 10.1 Å². The topological polar surface area (TPSA) is 116 Å². The summed E-state index contributed by atoms with van der Waals surface area (Å²) in [5.41, 5.74) is 3.07. The van der Waals surface area contributed by atoms with E-state index >= 15 is 0 Å². The summed E-state index contributed by atoms with van der Waals surface area (Å²) in [6.45, 7) is 0.471. The summed E-state index contributed by atoms with van der Waals surface area (Å²) >= 11 is 0. The van der Waals surface area contributed by atoms with E-state index in [2.05, 4.69) is 20.5 Å². The van der Waals surface area contributed by atoms with E-state index in [-0.39, 0.29) is 5.69 Å². The van der Waals surface area contributed by atoms with E-state index in [0.29, 0.717) is 17.6 Å². The first kappa shape index (κ1) is 14.8. The van der Waals surface area contributed by atoms with E-state index in [1.807, 2.05) is 23.2 Å². The van der Waals surface area contributed by atoms with Crippen LogP contribution in [0.1, 0.15) is 5.56 Å². The Kier molecular flexibility index (Phi) is 3.54. The smallest absolute Gasteiger partial charge is 0.269 e. The minimum atomic E-state index is -0.432. The van der Waals surface area contributed by atoms with Crippen LogP contribution >= 0.6 is 0 Å². The molecule has 4 rings (SSSR count). The molecule has 4 aromatic rings. The predicted octanol–water partition coefficient (Wildman–Crippen LogP) is 2.19. The Morgan fingerprint density at radius 1 is 1.04 bits per heavy atom. The highest BCUT2D eigenvalue weighted by atomic mass is 16.6. The molecule has 0 N–H and O–H groups in total. The fourth-order valence-electron chi connectivity index (χ4n) is 2.47. The van der Waals surface area contributed by atoms with Crippen molar-refractivity contribution in [3.05, 3.63) is 70.8 Å². The van der Waals surface area contributed by atoms with Gasteiger partial charge in [-0.05, 0) is 40.1 Å². The van der Waals surface area contributed by atoms with Crippen molar-refractivity contribution in [2.75, 3.05) is 5.01 Å². The monoisotopic (exact) mass is 337 g/mol. The van der Waals surface area contributed by atoms with Crippen molar-refractivity contribution < 1.29 is 9.55 Å². The number of hydrogen-bond donors (Lipinski definition) is 0. The van der Waals surface area contributed by atoms with Crippen molar-refractivity contribution in [2.45, 2.75) is 6.54 Å². The number of hydrogen-bond acceptors (Lipinski definition) is 8. The van der Waals surface area contributed by atoms with Crippen LogP contribution in [0, 0.1) is 10.1 Å². The summed E-state index contributed by atoms with van der Waals surface area (Å²) in [5.74, 6) is 0. The molecule has 0 aliphatic carbocycles. The van der Waals surface area contributed by atoms with Gasteiger partial charge in [0, 0.05) is 12.1 Å². The molecule has 25 heavy (non-hydrogen) atoms. The van der Waals surface area contributed by atoms with Crippen molar-refractivity contribution in [3.8, 4) is 0 Å². The second-order valence-electron chi connectivity index (χ2n) is 5.26. The van der Waals surface area contributed by atoms with Crippen LogP contribution in [-0.2, 0) is 6.54 Å². The number of anilines is 1. The first-order chi connectivity index (χ1) is 12.2. The van der Waals surface area contributed by atoms with Crippen LogP contribution in [0.3, 0.4) is 0 Å². The van der Waals surface area contributed by atoms with E-state index < -0.39 is 4.92 Å². The Morgan fingerprint density at radius 2 is 1.76 bits per heavy atom. The number of nitro benzene ring substituents is 1. The Hall–Kier alpha value is -3.82. The molecule has 2 aromatic heterocycles. The summed E-state index contributed by atoms with van der Waals surface area (Å²) < 4.78 is 6.42. The Labute approximate surface area is 140 Å². The molecule has 0 fully saturated rings. The number of nitrogens with zero attached hydrogens (tertiary/aromatic N) is 7. The fourth-order valence-corrected chi connectivity index (χ4v) is 2.47. The van der Waals surface area contributed by atoms with Gasteiger partial charge in [0.25, 0.3) is 5.69 Å². The zero-order valence-corrected chi connectivity index (χ0v) is 12.8. The molecule has 0 unspecified atom stereocenters. The minimum Gasteiger partial charge on any atom is -0.274 e. The highest BCUT2D eigenvalue weighted by molar-refractivity contribution is 5.73. The van der Waals surface area contributed by atoms with Crippen LogP contribution in [0.5, 0.6) is 0 Å². The van der Waals surface area contributed by atoms with Gasteiger partial charge in [0.1, 0.15) is 23.7 Å². The van der Waals surface area contributed by atoms with E-state index in [1.165, 1.54) is 12.1 Å². The number of fused-ring (bicyclic) bond motifs is 1. The molecule has 124 valence electrons. The van der Waals surface area contributed by atoms with Crippen molar-refractivity contribution in [2.24, 2.45) is 0 Å². The number of non-ortho nitro benzene ring substituents is 1. The van der Waals surface area contributed by atoms with Crippen LogP contribution in [0.25, 0.3) is 11.0 Å². The van der Waals surface area contributed by atoms with Crippen LogP contribution in [0.2, 0.25) is 0 Å². The third-order valence-corrected chi connectivity index (χ3v) is 3.69. The molecule has 0 amide bonds. The Balaban J connectivity index is 1.69. The second kappa shape index (κ2) is 6.00. The van der Waals surface area contributed by atoms with Gasteiger partial charge in [-0.25, -0.2) is 9.31 Å². The lowest BCUT2D eigenvalue weighted by Gasteiger charge is -2.24. The Bertz CT molecular complexity index is 1010. The number of nitro groups is 1. The molecule has 0 aliphatic rings. The summed E-state index contributed by atoms with van der Waals surface area (Å²) in [5, 5.41) is 28.0. The average Bonchev–Trinajstić information content (AvgIpc) is 3.31. The van der Waals surface area contributed by atoms with Crippen LogP contribution < -0.4 is 5.01 Å². The highest BCUT2D eigenvalue weighted by Gasteiger charge is 2.13. The van der Waals surface area contributed by atoms with Gasteiger partial charge in [-0.15, -0.1) is 10.2 Å². The standard InChI is InChI=1S/C15H11N7O3/c23-22(24)13-4-2-12(3-5-13)21(20-9-16-17-10-20)8-11-1-6-14-15(7-11)19-25-18-14/h1-7,9-10H,8H2. The van der Waals surface area contributed by atoms with Crippen LogP contribution in [0.4, 0.5) is 11.4 Å². The van der Waals surface area contributed by atoms with E-state index in [0.717, 1.165) is 11.3 Å². The molecule has 0 atom stereocenters. The van der Waals surface area contributed by atoms with Crippen molar-refractivity contribution in [3.63, 3.8) is 0 Å². The molecule has 0 bridgehead atoms. The SMILES string of the molecule is O=[N+]([O-])c1ccc(N(Cc2ccc3nonc3c2)n2cnnc2)cc1. The van der Waals surface area contributed by atoms with Gasteiger partial charge in [0.05, 0.1) is 17.2 Å². The Morgan fingerprint density at radius 3 is 2.48 bits per heavy atom. The summed E-state index contributed by atoms with van der Waals surface area (Å²) in [7, 11) is 0. The summed E-state index contributed by atoms with van der Waals surface area (Å²) in [6.07, 6.45) is 3.11. The zero-order valence-electron chi connectivity index (χ0n) is 12.8. The largest absolute Gasteiger partial charge is 0.274 e. The third kappa shape index (κ3) is 2.87. The lowest BCUT2D eigenvalue weighted by molar-refractivity contribution is -0.384. The van der Waals surface area contributed by atoms with Gasteiger partial charge < -0.3 is 0 Å². The maximum atomic E-state index is 10.8. The first-order valence-corrected chi connectivity index (χ1v) is 7.29. The van der Waals surface area contributed by atoms with Gasteiger partial charge >= 0.3 is 0 Å². The normalized spacial score (nSPS) is 10.9. The predicted molar refractivity (Wildman–Crippen MR) is 86.5 cm³/mol. The lowest BCUT2D eigenvalue weighted by atomic mass is 10.2. The van der Waals surface area contributed by atoms with Gasteiger partial charge in [0.2, 0.25) is 0 Å². The molecule has 0 spiro atoms. The molecular weight excluding hydrogens is 326 g/mol. The first-order valence-electron chi connectivity index (χ1n) is 7.29. The maximum absolute atomic E-state index is 10.8. The maximum Gasteiger partial charge on any atom is 0.269 e. The molecule has 2 heterocycles. The molecule has 0 aliphatic heterocycles. The molecule has 2 aromatic carbocycles. The number of benzene rings is 2. The molecular formula is C15H11N7O3. The van der Waals surface area contributed by atoms with E-state index in [1.54, 1.807) is 29.5 Å². The second-order valence-corrected chi connectivity index (χ2v) is 5.26. The number of aromatic nitrogens is 5. The third-order valence-electron chi connectivity index (χ3n) is 3.69. The molecule has 0 saturated heterocycles. The minimum absolute atomic E-state index is 0.0301. The zero-order chi connectivity index (χ0) is 17.2.